The summed E-state index contributed by atoms with van der Waals surface area (Å²) in [6, 6.07) is 0. The molecular formula is C5H11ClN2S. The van der Waals surface area contributed by atoms with Crippen LogP contribution in [0.5, 0.6) is 0 Å². The lowest BCUT2D eigenvalue weighted by Gasteiger charge is -2.09. The summed E-state index contributed by atoms with van der Waals surface area (Å²) in [6.45, 7) is 3.08. The van der Waals surface area contributed by atoms with Gasteiger partial charge in [-0.05, 0) is 0 Å². The van der Waals surface area contributed by atoms with E-state index in [-0.39, 0.29) is 12.4 Å². The van der Waals surface area contributed by atoms with Crippen molar-refractivity contribution >= 4 is 31.4 Å². The van der Waals surface area contributed by atoms with Gasteiger partial charge in [0.1, 0.15) is 0 Å². The highest BCUT2D eigenvalue weighted by molar-refractivity contribution is 7.80. The lowest BCUT2D eigenvalue weighted by atomic mass is 10.6. The molecule has 0 aromatic carbocycles. The zero-order valence-electron chi connectivity index (χ0n) is 5.16. The molecule has 0 aromatic rings. The first-order valence-corrected chi connectivity index (χ1v) is 3.41. The molecule has 1 aliphatic rings. The van der Waals surface area contributed by atoms with Crippen LogP contribution in [-0.4, -0.2) is 36.6 Å². The first kappa shape index (κ1) is 9.11. The molecule has 0 bridgehead atoms. The number of halogens is 1. The van der Waals surface area contributed by atoms with Gasteiger partial charge in [0.05, 0.1) is 12.9 Å². The van der Waals surface area contributed by atoms with Crippen LogP contribution < -0.4 is 0 Å². The number of hydrogen-bond acceptors (Lipinski definition) is 3. The Morgan fingerprint density at radius 1 is 1.67 bits per heavy atom. The Labute approximate surface area is 67.2 Å². The van der Waals surface area contributed by atoms with E-state index >= 15 is 0 Å². The minimum absolute atomic E-state index is 0. The molecule has 0 aliphatic carbocycles. The summed E-state index contributed by atoms with van der Waals surface area (Å²) in [5.74, 6) is 0.923. The van der Waals surface area contributed by atoms with Crippen LogP contribution in [0.25, 0.3) is 0 Å². The number of nitrogens with zero attached hydrogens (tertiary/aromatic N) is 2. The van der Waals surface area contributed by atoms with Crippen LogP contribution in [0, 0.1) is 0 Å². The zero-order chi connectivity index (χ0) is 5.82. The van der Waals surface area contributed by atoms with E-state index in [9.17, 15) is 0 Å². The van der Waals surface area contributed by atoms with E-state index in [4.69, 9.17) is 0 Å². The van der Waals surface area contributed by atoms with E-state index < -0.39 is 0 Å². The van der Waals surface area contributed by atoms with Gasteiger partial charge in [0.15, 0.2) is 0 Å². The molecule has 9 heavy (non-hydrogen) atoms. The average Bonchev–Trinajstić information content (AvgIpc) is 2.19. The third-order valence-corrected chi connectivity index (χ3v) is 1.35. The van der Waals surface area contributed by atoms with Gasteiger partial charge in [-0.15, -0.1) is 12.4 Å². The van der Waals surface area contributed by atoms with E-state index in [0.29, 0.717) is 0 Å². The van der Waals surface area contributed by atoms with Crippen LogP contribution in [0.4, 0.5) is 0 Å². The largest absolute Gasteiger partial charge is 0.360 e. The second kappa shape index (κ2) is 4.94. The maximum absolute atomic E-state index is 4.09. The van der Waals surface area contributed by atoms with Crippen LogP contribution in [0.15, 0.2) is 4.99 Å². The Kier molecular flexibility index (Phi) is 5.00. The summed E-state index contributed by atoms with van der Waals surface area (Å²) in [7, 11) is 0. The van der Waals surface area contributed by atoms with Gasteiger partial charge in [-0.1, -0.05) is 0 Å². The number of hydrogen-bond donors (Lipinski definition) is 1. The molecule has 0 fully saturated rings. The lowest BCUT2D eigenvalue weighted by molar-refractivity contribution is 0.499. The molecule has 0 saturated heterocycles. The van der Waals surface area contributed by atoms with Gasteiger partial charge < -0.3 is 4.90 Å². The molecule has 1 rings (SSSR count). The number of rotatable bonds is 2. The van der Waals surface area contributed by atoms with Gasteiger partial charge in [-0.3, -0.25) is 4.99 Å². The maximum Gasteiger partial charge on any atom is 0.0851 e. The van der Waals surface area contributed by atoms with Crippen molar-refractivity contribution in [1.82, 2.24) is 4.90 Å². The molecule has 0 atom stereocenters. The summed E-state index contributed by atoms with van der Waals surface area (Å²) >= 11 is 4.09. The van der Waals surface area contributed by atoms with Gasteiger partial charge in [0.2, 0.25) is 0 Å². The van der Waals surface area contributed by atoms with E-state index in [0.717, 1.165) is 25.4 Å². The van der Waals surface area contributed by atoms with Gasteiger partial charge in [0.25, 0.3) is 0 Å². The van der Waals surface area contributed by atoms with Crippen molar-refractivity contribution in [3.8, 4) is 0 Å². The topological polar surface area (TPSA) is 15.6 Å². The third kappa shape index (κ3) is 2.96. The predicted octanol–water partition coefficient (Wildman–Crippen LogP) is 0.682. The number of aliphatic imine (C=N–C) groups is 1. The molecule has 0 spiro atoms. The Hall–Kier alpha value is 0.110. The van der Waals surface area contributed by atoms with Crippen LogP contribution in [0.1, 0.15) is 0 Å². The summed E-state index contributed by atoms with van der Waals surface area (Å²) in [5, 5.41) is 0. The molecule has 1 heterocycles. The second-order valence-corrected chi connectivity index (χ2v) is 2.23. The van der Waals surface area contributed by atoms with Crippen LogP contribution in [-0.2, 0) is 0 Å². The first-order chi connectivity index (χ1) is 3.93. The van der Waals surface area contributed by atoms with Crippen molar-refractivity contribution in [2.45, 2.75) is 0 Å². The highest BCUT2D eigenvalue weighted by Crippen LogP contribution is 1.91. The molecular weight excluding hydrogens is 156 g/mol. The highest BCUT2D eigenvalue weighted by Gasteiger charge is 2.01. The Morgan fingerprint density at radius 3 is 2.89 bits per heavy atom. The molecule has 0 unspecified atom stereocenters. The third-order valence-electron chi connectivity index (χ3n) is 1.15. The summed E-state index contributed by atoms with van der Waals surface area (Å²) < 4.78 is 0. The molecule has 0 N–H and O–H groups in total. The van der Waals surface area contributed by atoms with Crippen molar-refractivity contribution in [2.75, 3.05) is 25.4 Å². The van der Waals surface area contributed by atoms with Crippen molar-refractivity contribution in [3.63, 3.8) is 0 Å². The Bertz CT molecular complexity index is 97.0. The normalized spacial score (nSPS) is 15.9. The smallest absolute Gasteiger partial charge is 0.0851 e. The fraction of sp³-hybridized carbons (Fsp3) is 0.800. The van der Waals surface area contributed by atoms with Gasteiger partial charge >= 0.3 is 0 Å². The molecule has 0 radical (unpaired) electrons. The molecule has 1 aliphatic heterocycles. The Balaban J connectivity index is 0.000000640. The van der Waals surface area contributed by atoms with Crippen LogP contribution in [0.2, 0.25) is 0 Å². The molecule has 0 aromatic heterocycles. The monoisotopic (exact) mass is 166 g/mol. The van der Waals surface area contributed by atoms with E-state index in [1.165, 1.54) is 0 Å². The Morgan fingerprint density at radius 2 is 2.44 bits per heavy atom. The second-order valence-electron chi connectivity index (χ2n) is 1.78. The molecule has 2 nitrogen and oxygen atoms in total. The summed E-state index contributed by atoms with van der Waals surface area (Å²) in [5.41, 5.74) is 0. The highest BCUT2D eigenvalue weighted by atomic mass is 35.5. The van der Waals surface area contributed by atoms with Gasteiger partial charge in [-0.2, -0.15) is 12.6 Å². The van der Waals surface area contributed by atoms with E-state index in [1.54, 1.807) is 0 Å². The average molecular weight is 167 g/mol. The fourth-order valence-electron chi connectivity index (χ4n) is 0.715. The fourth-order valence-corrected chi connectivity index (χ4v) is 0.972. The summed E-state index contributed by atoms with van der Waals surface area (Å²) in [6.07, 6.45) is 1.90. The summed E-state index contributed by atoms with van der Waals surface area (Å²) in [4.78, 5) is 6.22. The van der Waals surface area contributed by atoms with Crippen molar-refractivity contribution in [3.05, 3.63) is 0 Å². The van der Waals surface area contributed by atoms with Crippen molar-refractivity contribution in [1.29, 1.82) is 0 Å². The minimum atomic E-state index is 0. The van der Waals surface area contributed by atoms with Gasteiger partial charge in [0, 0.05) is 18.8 Å². The zero-order valence-corrected chi connectivity index (χ0v) is 6.87. The predicted molar refractivity (Wildman–Crippen MR) is 46.0 cm³/mol. The maximum atomic E-state index is 4.09. The minimum Gasteiger partial charge on any atom is -0.360 e. The van der Waals surface area contributed by atoms with Crippen LogP contribution in [0.3, 0.4) is 0 Å². The van der Waals surface area contributed by atoms with E-state index in [1.807, 2.05) is 6.34 Å². The van der Waals surface area contributed by atoms with E-state index in [2.05, 4.69) is 22.5 Å². The first-order valence-electron chi connectivity index (χ1n) is 2.78. The van der Waals surface area contributed by atoms with Crippen molar-refractivity contribution < 1.29 is 0 Å². The molecule has 4 heteroatoms. The molecule has 0 amide bonds. The molecule has 54 valence electrons. The number of thiol groups is 1. The van der Waals surface area contributed by atoms with Crippen molar-refractivity contribution in [2.24, 2.45) is 4.99 Å². The van der Waals surface area contributed by atoms with Gasteiger partial charge in [-0.25, -0.2) is 0 Å². The lowest BCUT2D eigenvalue weighted by Crippen LogP contribution is -2.21. The van der Waals surface area contributed by atoms with Crippen LogP contribution >= 0.6 is 25.0 Å². The standard InChI is InChI=1S/C5H10N2S.ClH/c8-4-3-7-2-1-6-5-7;/h5,8H,1-4H2;1H. The molecule has 0 saturated carbocycles. The SMILES string of the molecule is Cl.SCCN1C=NCC1. The quantitative estimate of drug-likeness (QED) is 0.597.